The van der Waals surface area contributed by atoms with E-state index in [-0.39, 0.29) is 35.6 Å². The number of halogens is 1. The van der Waals surface area contributed by atoms with E-state index in [4.69, 9.17) is 9.47 Å². The fraction of sp³-hybridized carbons (Fsp3) is 0.214. The van der Waals surface area contributed by atoms with E-state index in [1.807, 2.05) is 55.7 Å². The van der Waals surface area contributed by atoms with Crippen LogP contribution in [0, 0.1) is 34.4 Å². The zero-order valence-corrected chi connectivity index (χ0v) is 19.7. The minimum absolute atomic E-state index is 0.00105. The molecule has 4 rings (SSSR count). The summed E-state index contributed by atoms with van der Waals surface area (Å²) >= 11 is 1.48. The van der Waals surface area contributed by atoms with E-state index >= 15 is 0 Å². The highest BCUT2D eigenvalue weighted by Crippen LogP contribution is 2.59. The van der Waals surface area contributed by atoms with Crippen LogP contribution in [-0.2, 0) is 16.1 Å². The highest BCUT2D eigenvalue weighted by Gasteiger charge is 2.61. The summed E-state index contributed by atoms with van der Waals surface area (Å²) < 4.78 is 24.5. The highest BCUT2D eigenvalue weighted by atomic mass is 32.2. The normalized spacial score (nSPS) is 18.3. The fourth-order valence-corrected chi connectivity index (χ4v) is 4.66. The van der Waals surface area contributed by atoms with Gasteiger partial charge in [0.1, 0.15) is 35.6 Å². The van der Waals surface area contributed by atoms with E-state index in [0.29, 0.717) is 22.6 Å². The first-order valence-corrected chi connectivity index (χ1v) is 11.8. The van der Waals surface area contributed by atoms with Gasteiger partial charge in [-0.15, -0.1) is 0 Å². The molecule has 1 aliphatic carbocycles. The molecule has 0 spiro atoms. The van der Waals surface area contributed by atoms with E-state index in [1.165, 1.54) is 23.9 Å². The van der Waals surface area contributed by atoms with E-state index in [9.17, 15) is 14.4 Å². The van der Waals surface area contributed by atoms with Gasteiger partial charge in [0.15, 0.2) is 0 Å². The number of para-hydroxylation sites is 1. The van der Waals surface area contributed by atoms with Gasteiger partial charge in [-0.3, -0.25) is 4.79 Å². The molecule has 34 heavy (non-hydrogen) atoms. The third-order valence-electron chi connectivity index (χ3n) is 6.03. The maximum Gasteiger partial charge on any atom is 0.310 e. The van der Waals surface area contributed by atoms with Crippen molar-refractivity contribution in [2.45, 2.75) is 25.3 Å². The number of nitrogens with zero attached hydrogens (tertiary/aromatic N) is 1. The second kappa shape index (κ2) is 10.1. The summed E-state index contributed by atoms with van der Waals surface area (Å²) in [5, 5.41) is 11.6. The molecule has 0 bridgehead atoms. The minimum atomic E-state index is -0.287. The number of thioether (sulfide) groups is 1. The van der Waals surface area contributed by atoms with E-state index < -0.39 is 0 Å². The third-order valence-corrected chi connectivity index (χ3v) is 6.87. The topological polar surface area (TPSA) is 59.3 Å². The van der Waals surface area contributed by atoms with Gasteiger partial charge in [-0.05, 0) is 59.2 Å². The number of esters is 1. The predicted molar refractivity (Wildman–Crippen MR) is 130 cm³/mol. The lowest BCUT2D eigenvalue weighted by atomic mass is 10.1. The van der Waals surface area contributed by atoms with Gasteiger partial charge in [0.2, 0.25) is 0 Å². The van der Waals surface area contributed by atoms with Gasteiger partial charge in [-0.25, -0.2) is 4.39 Å². The molecule has 2 atom stereocenters. The molecular formula is C28H24FNO3S. The van der Waals surface area contributed by atoms with Gasteiger partial charge < -0.3 is 9.47 Å². The summed E-state index contributed by atoms with van der Waals surface area (Å²) in [6, 6.07) is 22.9. The molecule has 3 aromatic rings. The number of allylic oxidation sites excluding steroid dienone is 1. The molecule has 0 aromatic heterocycles. The van der Waals surface area contributed by atoms with Crippen molar-refractivity contribution in [1.29, 1.82) is 5.26 Å². The average molecular weight is 474 g/mol. The summed E-state index contributed by atoms with van der Waals surface area (Å²) in [7, 11) is 0. The molecule has 1 fully saturated rings. The third kappa shape index (κ3) is 5.32. The lowest BCUT2D eigenvalue weighted by Gasteiger charge is -2.11. The first-order valence-electron chi connectivity index (χ1n) is 10.9. The van der Waals surface area contributed by atoms with Crippen molar-refractivity contribution in [3.63, 3.8) is 0 Å². The van der Waals surface area contributed by atoms with Crippen LogP contribution in [0.4, 0.5) is 4.39 Å². The molecule has 0 amide bonds. The molecule has 0 saturated heterocycles. The largest absolute Gasteiger partial charge is 0.461 e. The molecular weight excluding hydrogens is 449 g/mol. The molecule has 1 saturated carbocycles. The maximum absolute atomic E-state index is 13.0. The molecule has 3 aromatic carbocycles. The van der Waals surface area contributed by atoms with Crippen LogP contribution in [0.3, 0.4) is 0 Å². The highest BCUT2D eigenvalue weighted by molar-refractivity contribution is 8.02. The standard InChI is InChI=1S/C28H24FNO3S/c1-28(2)24(15-16-34-22-13-11-20(29)12-14-22)26(28)27(31)32-18-19-7-6-10-25(23(19)17-30)33-21-8-4-3-5-9-21/h3-16,24,26H,18H2,1-2H3/b16-15+. The summed E-state index contributed by atoms with van der Waals surface area (Å²) in [5.41, 5.74) is 0.732. The number of ether oxygens (including phenoxy) is 2. The van der Waals surface area contributed by atoms with Crippen LogP contribution in [0.25, 0.3) is 0 Å². The summed E-state index contributed by atoms with van der Waals surface area (Å²) in [5.74, 6) is 0.289. The van der Waals surface area contributed by atoms with Crippen LogP contribution < -0.4 is 4.74 Å². The van der Waals surface area contributed by atoms with Crippen LogP contribution in [-0.4, -0.2) is 5.97 Å². The Morgan fingerprint density at radius 3 is 2.53 bits per heavy atom. The molecule has 0 aliphatic heterocycles. The Morgan fingerprint density at radius 1 is 1.09 bits per heavy atom. The number of benzene rings is 3. The Labute approximate surface area is 203 Å². The zero-order chi connectivity index (χ0) is 24.1. The minimum Gasteiger partial charge on any atom is -0.461 e. The van der Waals surface area contributed by atoms with Crippen molar-refractivity contribution in [2.75, 3.05) is 0 Å². The monoisotopic (exact) mass is 473 g/mol. The van der Waals surface area contributed by atoms with Gasteiger partial charge in [-0.1, -0.05) is 62.0 Å². The van der Waals surface area contributed by atoms with Crippen LogP contribution in [0.1, 0.15) is 25.0 Å². The molecule has 1 aliphatic rings. The fourth-order valence-electron chi connectivity index (χ4n) is 3.97. The quantitative estimate of drug-likeness (QED) is 0.258. The second-order valence-corrected chi connectivity index (χ2v) is 9.63. The van der Waals surface area contributed by atoms with Crippen molar-refractivity contribution >= 4 is 17.7 Å². The van der Waals surface area contributed by atoms with Crippen molar-refractivity contribution in [1.82, 2.24) is 0 Å². The predicted octanol–water partition coefficient (Wildman–Crippen LogP) is 7.11. The lowest BCUT2D eigenvalue weighted by Crippen LogP contribution is -2.11. The summed E-state index contributed by atoms with van der Waals surface area (Å²) in [6.45, 7) is 4.07. The maximum atomic E-state index is 13.0. The second-order valence-electron chi connectivity index (χ2n) is 8.65. The van der Waals surface area contributed by atoms with E-state index in [0.717, 1.165) is 4.90 Å². The number of nitriles is 1. The first-order chi connectivity index (χ1) is 16.4. The first kappa shape index (κ1) is 23.6. The van der Waals surface area contributed by atoms with Gasteiger partial charge in [0, 0.05) is 10.5 Å². The van der Waals surface area contributed by atoms with E-state index in [2.05, 4.69) is 6.07 Å². The van der Waals surface area contributed by atoms with Crippen molar-refractivity contribution < 1.29 is 18.7 Å². The molecule has 0 N–H and O–H groups in total. The molecule has 0 heterocycles. The SMILES string of the molecule is CC1(C)C(/C=C/Sc2ccc(F)cc2)C1C(=O)OCc1cccc(Oc2ccccc2)c1C#N. The van der Waals surface area contributed by atoms with Gasteiger partial charge >= 0.3 is 5.97 Å². The lowest BCUT2D eigenvalue weighted by molar-refractivity contribution is -0.147. The number of rotatable bonds is 8. The Bertz CT molecular complexity index is 1230. The molecule has 4 nitrogen and oxygen atoms in total. The van der Waals surface area contributed by atoms with Crippen LogP contribution in [0.15, 0.2) is 89.2 Å². The van der Waals surface area contributed by atoms with Crippen LogP contribution in [0.5, 0.6) is 11.5 Å². The van der Waals surface area contributed by atoms with Gasteiger partial charge in [0.25, 0.3) is 0 Å². The smallest absolute Gasteiger partial charge is 0.310 e. The summed E-state index contributed by atoms with van der Waals surface area (Å²) in [6.07, 6.45) is 2.01. The Balaban J connectivity index is 1.37. The summed E-state index contributed by atoms with van der Waals surface area (Å²) in [4.78, 5) is 13.8. The number of carbonyl (C=O) groups is 1. The van der Waals surface area contributed by atoms with Crippen molar-refractivity contribution in [3.05, 3.63) is 101 Å². The van der Waals surface area contributed by atoms with Crippen LogP contribution in [0.2, 0.25) is 0 Å². The number of hydrogen-bond acceptors (Lipinski definition) is 5. The van der Waals surface area contributed by atoms with Crippen molar-refractivity contribution in [3.8, 4) is 17.6 Å². The Hall–Kier alpha value is -3.56. The van der Waals surface area contributed by atoms with Crippen LogP contribution >= 0.6 is 11.8 Å². The zero-order valence-electron chi connectivity index (χ0n) is 18.9. The van der Waals surface area contributed by atoms with E-state index in [1.54, 1.807) is 30.3 Å². The van der Waals surface area contributed by atoms with Gasteiger partial charge in [0.05, 0.1) is 5.92 Å². The molecule has 2 unspecified atom stereocenters. The van der Waals surface area contributed by atoms with Crippen molar-refractivity contribution in [2.24, 2.45) is 17.3 Å². The number of hydrogen-bond donors (Lipinski definition) is 0. The molecule has 6 heteroatoms. The molecule has 0 radical (unpaired) electrons. The Kier molecular flexibility index (Phi) is 7.04. The van der Waals surface area contributed by atoms with Gasteiger partial charge in [-0.2, -0.15) is 5.26 Å². The number of carbonyl (C=O) groups excluding carboxylic acids is 1. The average Bonchev–Trinajstić information content (AvgIpc) is 3.39. The Morgan fingerprint density at radius 2 is 1.82 bits per heavy atom. The molecule has 172 valence electrons.